The number of imidazole rings is 1. The number of hydrogen-bond acceptors (Lipinski definition) is 5. The van der Waals surface area contributed by atoms with Crippen LogP contribution in [0, 0.1) is 0 Å². The van der Waals surface area contributed by atoms with Gasteiger partial charge in [-0.25, -0.2) is 4.98 Å². The number of carbonyl (C=O) groups excluding carboxylic acids is 1. The number of carbonyl (C=O) groups is 1. The second-order valence-electron chi connectivity index (χ2n) is 8.01. The number of nitrogens with one attached hydrogen (secondary N) is 2. The fourth-order valence-corrected chi connectivity index (χ4v) is 3.81. The second-order valence-corrected chi connectivity index (χ2v) is 8.01. The van der Waals surface area contributed by atoms with E-state index in [4.69, 9.17) is 0 Å². The van der Waals surface area contributed by atoms with Crippen molar-refractivity contribution in [1.29, 1.82) is 0 Å². The van der Waals surface area contributed by atoms with E-state index in [2.05, 4.69) is 42.8 Å². The summed E-state index contributed by atoms with van der Waals surface area (Å²) in [5.41, 5.74) is 7.16. The highest BCUT2D eigenvalue weighted by molar-refractivity contribution is 5.88. The van der Waals surface area contributed by atoms with Gasteiger partial charge in [0.1, 0.15) is 11.7 Å². The fraction of sp³-hybridized carbons (Fsp3) is 0.143. The zero-order valence-electron chi connectivity index (χ0n) is 19.5. The normalized spacial score (nSPS) is 14.4. The first-order valence-corrected chi connectivity index (χ1v) is 11.3. The van der Waals surface area contributed by atoms with Crippen molar-refractivity contribution in [3.05, 3.63) is 120 Å². The number of hydrogen-bond donors (Lipinski definition) is 2. The van der Waals surface area contributed by atoms with Gasteiger partial charge in [0, 0.05) is 47.9 Å². The van der Waals surface area contributed by atoms with Crippen molar-refractivity contribution in [1.82, 2.24) is 25.5 Å². The van der Waals surface area contributed by atoms with Crippen LogP contribution in [0.15, 0.2) is 114 Å². The van der Waals surface area contributed by atoms with Crippen molar-refractivity contribution >= 4 is 23.0 Å². The van der Waals surface area contributed by atoms with E-state index < -0.39 is 5.92 Å². The van der Waals surface area contributed by atoms with Crippen molar-refractivity contribution < 1.29 is 4.79 Å². The average Bonchev–Trinajstić information content (AvgIpc) is 3.26. The van der Waals surface area contributed by atoms with Gasteiger partial charge in [0.05, 0.1) is 11.7 Å². The predicted molar refractivity (Wildman–Crippen MR) is 139 cm³/mol. The summed E-state index contributed by atoms with van der Waals surface area (Å²) in [6.07, 6.45) is 19.5. The number of aliphatic imine (C=N–C) groups is 1. The van der Waals surface area contributed by atoms with Crippen LogP contribution in [0.4, 0.5) is 0 Å². The highest BCUT2D eigenvalue weighted by atomic mass is 16.1. The average molecular weight is 463 g/mol. The summed E-state index contributed by atoms with van der Waals surface area (Å²) in [6, 6.07) is 7.85. The molecule has 174 valence electrons. The minimum Gasteiger partial charge on any atom is -0.348 e. The Balaban J connectivity index is 1.45. The summed E-state index contributed by atoms with van der Waals surface area (Å²) in [6.45, 7) is 5.59. The van der Waals surface area contributed by atoms with Crippen LogP contribution >= 0.6 is 0 Å². The molecule has 0 aliphatic heterocycles. The highest BCUT2D eigenvalue weighted by Gasteiger charge is 2.26. The molecule has 4 rings (SSSR count). The lowest BCUT2D eigenvalue weighted by atomic mass is 9.94. The molecular weight excluding hydrogens is 436 g/mol. The Morgan fingerprint density at radius 3 is 3.03 bits per heavy atom. The highest BCUT2D eigenvalue weighted by Crippen LogP contribution is 2.26. The summed E-state index contributed by atoms with van der Waals surface area (Å²) >= 11 is 0. The predicted octanol–water partition coefficient (Wildman–Crippen LogP) is 4.88. The van der Waals surface area contributed by atoms with Crippen molar-refractivity contribution in [3.8, 4) is 0 Å². The Bertz CT molecular complexity index is 1400. The van der Waals surface area contributed by atoms with Gasteiger partial charge in [-0.1, -0.05) is 55.2 Å². The van der Waals surface area contributed by atoms with Crippen LogP contribution in [0.3, 0.4) is 0 Å². The van der Waals surface area contributed by atoms with Crippen molar-refractivity contribution in [3.63, 3.8) is 0 Å². The van der Waals surface area contributed by atoms with Gasteiger partial charge in [0.15, 0.2) is 0 Å². The van der Waals surface area contributed by atoms with Crippen LogP contribution in [-0.4, -0.2) is 32.3 Å². The Hall–Kier alpha value is -4.61. The van der Waals surface area contributed by atoms with Crippen LogP contribution in [0.2, 0.25) is 0 Å². The summed E-state index contributed by atoms with van der Waals surface area (Å²) in [5, 5.41) is 12.2. The van der Waals surface area contributed by atoms with E-state index in [0.717, 1.165) is 27.6 Å². The van der Waals surface area contributed by atoms with Gasteiger partial charge in [-0.05, 0) is 30.5 Å². The Kier molecular flexibility index (Phi) is 7.73. The third-order valence-electron chi connectivity index (χ3n) is 5.50. The molecule has 0 bridgehead atoms. The van der Waals surface area contributed by atoms with Gasteiger partial charge in [-0.2, -0.15) is 10.2 Å². The monoisotopic (exact) mass is 462 g/mol. The summed E-state index contributed by atoms with van der Waals surface area (Å²) in [5.74, 6) is -0.0997. The molecule has 7 nitrogen and oxygen atoms in total. The van der Waals surface area contributed by atoms with Crippen LogP contribution < -0.4 is 5.32 Å². The van der Waals surface area contributed by atoms with Crippen LogP contribution in [0.1, 0.15) is 30.7 Å². The lowest BCUT2D eigenvalue weighted by Crippen LogP contribution is -2.29. The maximum atomic E-state index is 13.2. The standard InChI is InChI=1S/C28H26N6O/c1-3-21(16-23-19-32-34-25-13-9-8-12-24(23)25)18-29-17-20(2)33-28(35)26(27-30-14-15-31-27)22-10-6-4-5-7-11-22/h4-10,12-15,17-19,26H,1,11,16H2,2H3,(H,30,31)(H,33,35)/b20-17+,29-18-. The van der Waals surface area contributed by atoms with Crippen molar-refractivity contribution in [2.45, 2.75) is 25.7 Å². The summed E-state index contributed by atoms with van der Waals surface area (Å²) in [4.78, 5) is 25.0. The van der Waals surface area contributed by atoms with E-state index in [1.54, 1.807) is 37.9 Å². The molecule has 0 spiro atoms. The summed E-state index contributed by atoms with van der Waals surface area (Å²) in [7, 11) is 0. The fourth-order valence-electron chi connectivity index (χ4n) is 3.81. The number of amides is 1. The third kappa shape index (κ3) is 6.05. The molecule has 1 unspecified atom stereocenters. The zero-order valence-corrected chi connectivity index (χ0v) is 19.5. The van der Waals surface area contributed by atoms with Gasteiger partial charge in [0.2, 0.25) is 5.91 Å². The molecule has 35 heavy (non-hydrogen) atoms. The van der Waals surface area contributed by atoms with E-state index in [-0.39, 0.29) is 5.91 Å². The first kappa shape index (κ1) is 23.5. The lowest BCUT2D eigenvalue weighted by Gasteiger charge is -2.17. The Labute approximate surface area is 204 Å². The summed E-state index contributed by atoms with van der Waals surface area (Å²) < 4.78 is 0. The van der Waals surface area contributed by atoms with E-state index in [9.17, 15) is 4.79 Å². The van der Waals surface area contributed by atoms with Gasteiger partial charge in [-0.15, -0.1) is 5.73 Å². The molecule has 1 atom stereocenters. The molecule has 0 radical (unpaired) electrons. The molecule has 1 aliphatic carbocycles. The number of fused-ring (bicyclic) bond motifs is 1. The molecule has 1 aromatic carbocycles. The number of aromatic amines is 1. The van der Waals surface area contributed by atoms with Crippen molar-refractivity contribution in [2.75, 3.05) is 0 Å². The second kappa shape index (κ2) is 11.5. The van der Waals surface area contributed by atoms with Gasteiger partial charge < -0.3 is 10.3 Å². The number of aromatic nitrogens is 4. The quantitative estimate of drug-likeness (QED) is 0.368. The Morgan fingerprint density at radius 1 is 1.31 bits per heavy atom. The first-order chi connectivity index (χ1) is 17.2. The molecule has 2 aromatic heterocycles. The third-order valence-corrected chi connectivity index (χ3v) is 5.50. The maximum Gasteiger partial charge on any atom is 0.239 e. The van der Waals surface area contributed by atoms with Crippen LogP contribution in [-0.2, 0) is 11.2 Å². The Morgan fingerprint density at radius 2 is 2.20 bits per heavy atom. The molecule has 3 aromatic rings. The van der Waals surface area contributed by atoms with E-state index in [1.165, 1.54) is 0 Å². The molecular formula is C28H26N6O. The van der Waals surface area contributed by atoms with Gasteiger partial charge >= 0.3 is 0 Å². The molecule has 1 amide bonds. The largest absolute Gasteiger partial charge is 0.348 e. The van der Waals surface area contributed by atoms with Gasteiger partial charge in [-0.3, -0.25) is 9.79 Å². The first-order valence-electron chi connectivity index (χ1n) is 11.3. The SMILES string of the molecule is C=C=C(/C=N\C=C(/C)NC(=O)C(C1=CC=CC=CC1)c1ncc[nH]1)Cc1cnnc2ccccc12. The number of nitrogens with zero attached hydrogens (tertiary/aromatic N) is 4. The molecule has 2 heterocycles. The van der Waals surface area contributed by atoms with Crippen molar-refractivity contribution in [2.24, 2.45) is 4.99 Å². The maximum absolute atomic E-state index is 13.2. The minimum atomic E-state index is -0.527. The lowest BCUT2D eigenvalue weighted by molar-refractivity contribution is -0.121. The molecule has 1 aliphatic rings. The molecule has 2 N–H and O–H groups in total. The van der Waals surface area contributed by atoms with E-state index in [1.807, 2.05) is 54.6 Å². The number of H-pyrrole nitrogens is 1. The number of rotatable bonds is 8. The zero-order chi connectivity index (χ0) is 24.5. The van der Waals surface area contributed by atoms with Crippen LogP contribution in [0.5, 0.6) is 0 Å². The molecule has 0 saturated carbocycles. The molecule has 0 fully saturated rings. The number of allylic oxidation sites excluding steroid dienone is 7. The van der Waals surface area contributed by atoms with Gasteiger partial charge in [0.25, 0.3) is 0 Å². The van der Waals surface area contributed by atoms with E-state index in [0.29, 0.717) is 24.4 Å². The minimum absolute atomic E-state index is 0.173. The van der Waals surface area contributed by atoms with E-state index >= 15 is 0 Å². The van der Waals surface area contributed by atoms with Crippen LogP contribution in [0.25, 0.3) is 10.9 Å². The number of benzene rings is 1. The topological polar surface area (TPSA) is 95.9 Å². The smallest absolute Gasteiger partial charge is 0.239 e. The molecule has 7 heteroatoms. The molecule has 0 saturated heterocycles.